The molecular weight excluding hydrogens is 418 g/mol. The zero-order valence-corrected chi connectivity index (χ0v) is 19.0. The molecule has 1 atom stereocenters. The van der Waals surface area contributed by atoms with Crippen LogP contribution in [0.3, 0.4) is 0 Å². The number of rotatable bonds is 4. The van der Waals surface area contributed by atoms with E-state index in [-0.39, 0.29) is 11.8 Å². The highest BCUT2D eigenvalue weighted by Crippen LogP contribution is 2.25. The summed E-state index contributed by atoms with van der Waals surface area (Å²) in [4.78, 5) is 25.9. The summed E-state index contributed by atoms with van der Waals surface area (Å²) < 4.78 is 26.7. The molecule has 2 aromatic heterocycles. The molecule has 4 heterocycles. The second-order valence-electron chi connectivity index (χ2n) is 8.35. The van der Waals surface area contributed by atoms with E-state index < -0.39 is 10.0 Å². The van der Waals surface area contributed by atoms with Gasteiger partial charge < -0.3 is 9.80 Å². The van der Waals surface area contributed by atoms with E-state index in [1.165, 1.54) is 16.9 Å². The molecular formula is C20H29N7O3S. The monoisotopic (exact) mass is 447 g/mol. The first-order chi connectivity index (χ1) is 14.7. The Hall–Kier alpha value is -2.53. The van der Waals surface area contributed by atoms with E-state index in [9.17, 15) is 13.2 Å². The molecule has 1 amide bonds. The Labute approximate surface area is 182 Å². The number of piperazine rings is 1. The van der Waals surface area contributed by atoms with E-state index in [1.807, 2.05) is 26.0 Å². The molecule has 2 fully saturated rings. The largest absolute Gasteiger partial charge is 0.356 e. The predicted molar refractivity (Wildman–Crippen MR) is 117 cm³/mol. The molecule has 4 rings (SSSR count). The minimum Gasteiger partial charge on any atom is -0.356 e. The normalized spacial score (nSPS) is 20.8. The van der Waals surface area contributed by atoms with Gasteiger partial charge in [0.1, 0.15) is 12.1 Å². The van der Waals surface area contributed by atoms with Crippen molar-refractivity contribution in [1.29, 1.82) is 0 Å². The van der Waals surface area contributed by atoms with Crippen LogP contribution in [0.15, 0.2) is 18.5 Å². The summed E-state index contributed by atoms with van der Waals surface area (Å²) in [6.07, 6.45) is 4.48. The number of hydrogen-bond acceptors (Lipinski definition) is 7. The van der Waals surface area contributed by atoms with Gasteiger partial charge in [0.15, 0.2) is 5.82 Å². The summed E-state index contributed by atoms with van der Waals surface area (Å²) >= 11 is 0. The van der Waals surface area contributed by atoms with Gasteiger partial charge in [-0.3, -0.25) is 4.79 Å². The fourth-order valence-electron chi connectivity index (χ4n) is 4.37. The van der Waals surface area contributed by atoms with Gasteiger partial charge in [0.05, 0.1) is 17.9 Å². The Bertz CT molecular complexity index is 1060. The van der Waals surface area contributed by atoms with Crippen molar-refractivity contribution in [3.8, 4) is 5.82 Å². The van der Waals surface area contributed by atoms with Gasteiger partial charge in [-0.25, -0.2) is 23.1 Å². The van der Waals surface area contributed by atoms with Crippen molar-refractivity contribution in [2.75, 3.05) is 50.4 Å². The number of sulfonamides is 1. The summed E-state index contributed by atoms with van der Waals surface area (Å²) in [6.45, 7) is 6.97. The average Bonchev–Trinajstić information content (AvgIpc) is 3.11. The molecule has 2 aliphatic heterocycles. The van der Waals surface area contributed by atoms with E-state index in [0.29, 0.717) is 38.5 Å². The summed E-state index contributed by atoms with van der Waals surface area (Å²) in [5.74, 6) is 1.48. The van der Waals surface area contributed by atoms with Gasteiger partial charge in [-0.2, -0.15) is 9.40 Å². The molecule has 0 N–H and O–H groups in total. The maximum Gasteiger partial charge on any atom is 0.227 e. The maximum atomic E-state index is 13.1. The first-order valence-electron chi connectivity index (χ1n) is 10.6. The lowest BCUT2D eigenvalue weighted by atomic mass is 9.96. The summed E-state index contributed by atoms with van der Waals surface area (Å²) in [7, 11) is -3.21. The Balaban J connectivity index is 1.44. The number of anilines is 1. The van der Waals surface area contributed by atoms with E-state index in [4.69, 9.17) is 0 Å². The molecule has 11 heteroatoms. The molecule has 2 aromatic rings. The lowest BCUT2D eigenvalue weighted by Crippen LogP contribution is -2.53. The average molecular weight is 448 g/mol. The highest BCUT2D eigenvalue weighted by molar-refractivity contribution is 7.88. The number of aromatic nitrogens is 4. The number of amides is 1. The molecule has 2 saturated heterocycles. The number of carbonyl (C=O) groups is 1. The first kappa shape index (κ1) is 21.7. The molecule has 0 aromatic carbocycles. The summed E-state index contributed by atoms with van der Waals surface area (Å²) in [5, 5.41) is 4.49. The van der Waals surface area contributed by atoms with Crippen LogP contribution in [-0.4, -0.2) is 88.8 Å². The molecule has 0 radical (unpaired) electrons. The third kappa shape index (κ3) is 4.72. The Morgan fingerprint density at radius 2 is 1.74 bits per heavy atom. The van der Waals surface area contributed by atoms with Crippen LogP contribution in [0.25, 0.3) is 5.82 Å². The van der Waals surface area contributed by atoms with Gasteiger partial charge in [-0.15, -0.1) is 0 Å². The van der Waals surface area contributed by atoms with Gasteiger partial charge in [-0.05, 0) is 32.8 Å². The van der Waals surface area contributed by atoms with Crippen molar-refractivity contribution in [3.05, 3.63) is 29.8 Å². The van der Waals surface area contributed by atoms with Crippen LogP contribution < -0.4 is 4.90 Å². The molecule has 168 valence electrons. The number of carbonyl (C=O) groups excluding carboxylic acids is 1. The zero-order chi connectivity index (χ0) is 22.2. The van der Waals surface area contributed by atoms with Crippen molar-refractivity contribution in [3.63, 3.8) is 0 Å². The molecule has 0 aliphatic carbocycles. The second kappa shape index (κ2) is 8.54. The van der Waals surface area contributed by atoms with Crippen molar-refractivity contribution < 1.29 is 13.2 Å². The number of piperidine rings is 1. The summed E-state index contributed by atoms with van der Waals surface area (Å²) in [6, 6.07) is 3.91. The zero-order valence-electron chi connectivity index (χ0n) is 18.2. The molecule has 0 spiro atoms. The molecule has 31 heavy (non-hydrogen) atoms. The lowest BCUT2D eigenvalue weighted by molar-refractivity contribution is -0.137. The Kier molecular flexibility index (Phi) is 5.98. The van der Waals surface area contributed by atoms with Crippen molar-refractivity contribution >= 4 is 21.7 Å². The van der Waals surface area contributed by atoms with Crippen LogP contribution in [0, 0.1) is 19.8 Å². The highest BCUT2D eigenvalue weighted by Gasteiger charge is 2.33. The highest BCUT2D eigenvalue weighted by atomic mass is 32.2. The van der Waals surface area contributed by atoms with Gasteiger partial charge >= 0.3 is 0 Å². The Morgan fingerprint density at radius 3 is 2.39 bits per heavy atom. The van der Waals surface area contributed by atoms with E-state index >= 15 is 0 Å². The minimum atomic E-state index is -3.21. The van der Waals surface area contributed by atoms with Crippen LogP contribution in [-0.2, 0) is 14.8 Å². The molecule has 1 unspecified atom stereocenters. The van der Waals surface area contributed by atoms with Crippen molar-refractivity contribution in [2.45, 2.75) is 26.7 Å². The van der Waals surface area contributed by atoms with Crippen LogP contribution in [0.4, 0.5) is 5.82 Å². The van der Waals surface area contributed by atoms with Crippen molar-refractivity contribution in [1.82, 2.24) is 29.0 Å². The third-order valence-electron chi connectivity index (χ3n) is 5.98. The van der Waals surface area contributed by atoms with E-state index in [2.05, 4.69) is 20.0 Å². The third-order valence-corrected chi connectivity index (χ3v) is 7.28. The van der Waals surface area contributed by atoms with Gasteiger partial charge in [0.25, 0.3) is 0 Å². The fourth-order valence-corrected chi connectivity index (χ4v) is 5.20. The van der Waals surface area contributed by atoms with Crippen molar-refractivity contribution in [2.24, 2.45) is 5.92 Å². The number of hydrogen-bond donors (Lipinski definition) is 0. The van der Waals surface area contributed by atoms with Crippen LogP contribution in [0.5, 0.6) is 0 Å². The first-order valence-corrected chi connectivity index (χ1v) is 12.4. The fraction of sp³-hybridized carbons (Fsp3) is 0.600. The second-order valence-corrected chi connectivity index (χ2v) is 10.3. The van der Waals surface area contributed by atoms with Crippen LogP contribution >= 0.6 is 0 Å². The van der Waals surface area contributed by atoms with Crippen LogP contribution in [0.1, 0.15) is 24.2 Å². The molecule has 10 nitrogen and oxygen atoms in total. The topological polar surface area (TPSA) is 105 Å². The number of aryl methyl sites for hydroxylation is 2. The number of nitrogens with zero attached hydrogens (tertiary/aromatic N) is 7. The lowest BCUT2D eigenvalue weighted by Gasteiger charge is -2.38. The minimum absolute atomic E-state index is 0.102. The Morgan fingerprint density at radius 1 is 1.03 bits per heavy atom. The van der Waals surface area contributed by atoms with E-state index in [0.717, 1.165) is 36.6 Å². The molecule has 0 saturated carbocycles. The molecule has 0 bridgehead atoms. The molecule has 2 aliphatic rings. The van der Waals surface area contributed by atoms with Gasteiger partial charge in [0, 0.05) is 51.0 Å². The standard InChI is InChI=1S/C20H29N7O3S/c1-15-11-16(2)27(23-15)19-12-18(21-14-22-19)25-6-4-5-17(13-25)20(28)24-7-9-26(10-8-24)31(3,29)30/h11-12,14,17H,4-10,13H2,1-3H3. The maximum absolute atomic E-state index is 13.1. The quantitative estimate of drug-likeness (QED) is 0.676. The van der Waals surface area contributed by atoms with Gasteiger partial charge in [-0.1, -0.05) is 0 Å². The van der Waals surface area contributed by atoms with E-state index in [1.54, 1.807) is 9.58 Å². The van der Waals surface area contributed by atoms with Gasteiger partial charge in [0.2, 0.25) is 15.9 Å². The summed E-state index contributed by atoms with van der Waals surface area (Å²) in [5.41, 5.74) is 1.93. The predicted octanol–water partition coefficient (Wildman–Crippen LogP) is 0.599. The SMILES string of the molecule is Cc1cc(C)n(-c2cc(N3CCCC(C(=O)N4CCN(S(C)(=O)=O)CC4)C3)ncn2)n1. The smallest absolute Gasteiger partial charge is 0.227 e. The van der Waals surface area contributed by atoms with Crippen LogP contribution in [0.2, 0.25) is 0 Å².